The maximum atomic E-state index is 5.72. The second kappa shape index (κ2) is 7.46. The van der Waals surface area contributed by atoms with Gasteiger partial charge in [-0.2, -0.15) is 0 Å². The van der Waals surface area contributed by atoms with Crippen LogP contribution >= 0.6 is 0 Å². The lowest BCUT2D eigenvalue weighted by molar-refractivity contribution is -0.0431. The largest absolute Gasteiger partial charge is 0.376 e. The fraction of sp³-hybridized carbons (Fsp3) is 1.00. The number of rotatable bonds is 6. The Hall–Kier alpha value is -0.120. The molecule has 0 aromatic carbocycles. The van der Waals surface area contributed by atoms with Crippen molar-refractivity contribution in [1.29, 1.82) is 0 Å². The average molecular weight is 256 g/mol. The summed E-state index contributed by atoms with van der Waals surface area (Å²) in [5, 5.41) is 3.56. The van der Waals surface area contributed by atoms with Gasteiger partial charge in [-0.15, -0.1) is 0 Å². The molecular formula is C15H32N2O. The van der Waals surface area contributed by atoms with Crippen molar-refractivity contribution in [1.82, 2.24) is 10.2 Å². The van der Waals surface area contributed by atoms with Gasteiger partial charge in [0.2, 0.25) is 0 Å². The maximum absolute atomic E-state index is 5.72. The molecule has 0 amide bonds. The Kier molecular flexibility index (Phi) is 6.61. The highest BCUT2D eigenvalue weighted by Gasteiger charge is 2.22. The van der Waals surface area contributed by atoms with E-state index in [4.69, 9.17) is 4.74 Å². The van der Waals surface area contributed by atoms with Gasteiger partial charge in [-0.3, -0.25) is 4.90 Å². The summed E-state index contributed by atoms with van der Waals surface area (Å²) in [4.78, 5) is 2.59. The first-order chi connectivity index (χ1) is 8.42. The van der Waals surface area contributed by atoms with Crippen LogP contribution in [0.15, 0.2) is 0 Å². The van der Waals surface area contributed by atoms with Crippen molar-refractivity contribution in [3.63, 3.8) is 0 Å². The van der Waals surface area contributed by atoms with E-state index in [1.165, 1.54) is 12.8 Å². The number of nitrogens with zero attached hydrogens (tertiary/aromatic N) is 1. The summed E-state index contributed by atoms with van der Waals surface area (Å²) in [5.74, 6) is 0. The van der Waals surface area contributed by atoms with Crippen molar-refractivity contribution in [2.45, 2.75) is 71.6 Å². The van der Waals surface area contributed by atoms with Gasteiger partial charge in [0.25, 0.3) is 0 Å². The fourth-order valence-electron chi connectivity index (χ4n) is 2.43. The van der Waals surface area contributed by atoms with Crippen molar-refractivity contribution in [2.75, 3.05) is 26.2 Å². The molecule has 0 aromatic heterocycles. The third-order valence-electron chi connectivity index (χ3n) is 3.70. The van der Waals surface area contributed by atoms with E-state index in [9.17, 15) is 0 Å². The molecule has 3 heteroatoms. The number of nitrogens with one attached hydrogen (secondary N) is 1. The van der Waals surface area contributed by atoms with Crippen molar-refractivity contribution >= 4 is 0 Å². The molecule has 2 unspecified atom stereocenters. The van der Waals surface area contributed by atoms with Gasteiger partial charge in [0, 0.05) is 24.7 Å². The van der Waals surface area contributed by atoms with Gasteiger partial charge >= 0.3 is 0 Å². The van der Waals surface area contributed by atoms with E-state index < -0.39 is 0 Å². The van der Waals surface area contributed by atoms with Gasteiger partial charge in [0.1, 0.15) is 0 Å². The summed E-state index contributed by atoms with van der Waals surface area (Å²) < 4.78 is 5.72. The van der Waals surface area contributed by atoms with Crippen LogP contribution in [0.3, 0.4) is 0 Å². The molecule has 0 spiro atoms. The van der Waals surface area contributed by atoms with Crippen LogP contribution in [-0.4, -0.2) is 48.8 Å². The van der Waals surface area contributed by atoms with Gasteiger partial charge in [-0.05, 0) is 53.5 Å². The average Bonchev–Trinajstić information content (AvgIpc) is 2.33. The molecule has 1 rings (SSSR count). The third kappa shape index (κ3) is 6.17. The van der Waals surface area contributed by atoms with Crippen molar-refractivity contribution in [3.8, 4) is 0 Å². The zero-order valence-corrected chi connectivity index (χ0v) is 13.0. The summed E-state index contributed by atoms with van der Waals surface area (Å²) in [6.07, 6.45) is 4.12. The van der Waals surface area contributed by atoms with E-state index in [-0.39, 0.29) is 5.54 Å². The molecule has 3 nitrogen and oxygen atoms in total. The van der Waals surface area contributed by atoms with E-state index in [0.29, 0.717) is 12.1 Å². The standard InChI is InChI=1S/C15H32N2O/c1-6-14-12-17(10-11-18-14)13(2)8-7-9-16-15(3,4)5/h13-14,16H,6-12H2,1-5H3. The third-order valence-corrected chi connectivity index (χ3v) is 3.70. The van der Waals surface area contributed by atoms with Crippen LogP contribution in [0.5, 0.6) is 0 Å². The SMILES string of the molecule is CCC1CN(C(C)CCCNC(C)(C)C)CCO1. The lowest BCUT2D eigenvalue weighted by atomic mass is 10.1. The lowest BCUT2D eigenvalue weighted by Gasteiger charge is -2.36. The molecule has 1 aliphatic rings. The second-order valence-electron chi connectivity index (χ2n) is 6.56. The molecule has 1 heterocycles. The number of hydrogen-bond acceptors (Lipinski definition) is 3. The molecule has 1 aliphatic heterocycles. The Morgan fingerprint density at radius 3 is 2.72 bits per heavy atom. The molecular weight excluding hydrogens is 224 g/mol. The van der Waals surface area contributed by atoms with Gasteiger partial charge in [0.05, 0.1) is 12.7 Å². The van der Waals surface area contributed by atoms with Crippen molar-refractivity contribution < 1.29 is 4.74 Å². The summed E-state index contributed by atoms with van der Waals surface area (Å²) in [5.41, 5.74) is 0.246. The van der Waals surface area contributed by atoms with Crippen molar-refractivity contribution in [3.05, 3.63) is 0 Å². The highest BCUT2D eigenvalue weighted by molar-refractivity contribution is 4.76. The fourth-order valence-corrected chi connectivity index (χ4v) is 2.43. The number of morpholine rings is 1. The quantitative estimate of drug-likeness (QED) is 0.740. The van der Waals surface area contributed by atoms with Gasteiger partial charge in [-0.1, -0.05) is 6.92 Å². The predicted molar refractivity (Wildman–Crippen MR) is 78.1 cm³/mol. The van der Waals surface area contributed by atoms with Crippen LogP contribution in [-0.2, 0) is 4.74 Å². The molecule has 0 saturated carbocycles. The zero-order chi connectivity index (χ0) is 13.6. The second-order valence-corrected chi connectivity index (χ2v) is 6.56. The molecule has 0 aromatic rings. The Morgan fingerprint density at radius 2 is 2.11 bits per heavy atom. The maximum Gasteiger partial charge on any atom is 0.0700 e. The topological polar surface area (TPSA) is 24.5 Å². The molecule has 108 valence electrons. The van der Waals surface area contributed by atoms with Gasteiger partial charge in [0.15, 0.2) is 0 Å². The first-order valence-electron chi connectivity index (χ1n) is 7.53. The molecule has 0 bridgehead atoms. The first kappa shape index (κ1) is 15.9. The first-order valence-corrected chi connectivity index (χ1v) is 7.53. The van der Waals surface area contributed by atoms with E-state index in [0.717, 1.165) is 32.7 Å². The van der Waals surface area contributed by atoms with Crippen LogP contribution in [0.2, 0.25) is 0 Å². The van der Waals surface area contributed by atoms with E-state index in [1.807, 2.05) is 0 Å². The number of hydrogen-bond donors (Lipinski definition) is 1. The minimum atomic E-state index is 0.246. The normalized spacial score (nSPS) is 24.2. The van der Waals surface area contributed by atoms with Gasteiger partial charge in [-0.25, -0.2) is 0 Å². The summed E-state index contributed by atoms with van der Waals surface area (Å²) in [6.45, 7) is 15.5. The minimum absolute atomic E-state index is 0.246. The number of ether oxygens (including phenoxy) is 1. The minimum Gasteiger partial charge on any atom is -0.376 e. The molecule has 1 N–H and O–H groups in total. The smallest absolute Gasteiger partial charge is 0.0700 e. The predicted octanol–water partition coefficient (Wildman–Crippen LogP) is 2.65. The van der Waals surface area contributed by atoms with Crippen LogP contribution < -0.4 is 5.32 Å². The molecule has 2 atom stereocenters. The van der Waals surface area contributed by atoms with Crippen molar-refractivity contribution in [2.24, 2.45) is 0 Å². The van der Waals surface area contributed by atoms with E-state index in [2.05, 4.69) is 44.8 Å². The monoisotopic (exact) mass is 256 g/mol. The highest BCUT2D eigenvalue weighted by Crippen LogP contribution is 2.14. The Balaban J connectivity index is 2.17. The molecule has 0 radical (unpaired) electrons. The van der Waals surface area contributed by atoms with E-state index in [1.54, 1.807) is 0 Å². The van der Waals surface area contributed by atoms with E-state index >= 15 is 0 Å². The van der Waals surface area contributed by atoms with Crippen LogP contribution in [0.1, 0.15) is 53.9 Å². The Morgan fingerprint density at radius 1 is 1.39 bits per heavy atom. The van der Waals surface area contributed by atoms with Gasteiger partial charge < -0.3 is 10.1 Å². The summed E-state index contributed by atoms with van der Waals surface area (Å²) >= 11 is 0. The summed E-state index contributed by atoms with van der Waals surface area (Å²) in [6, 6.07) is 0.685. The van der Waals surface area contributed by atoms with Crippen LogP contribution in [0, 0.1) is 0 Å². The lowest BCUT2D eigenvalue weighted by Crippen LogP contribution is -2.46. The van der Waals surface area contributed by atoms with Crippen LogP contribution in [0.4, 0.5) is 0 Å². The molecule has 1 saturated heterocycles. The molecule has 18 heavy (non-hydrogen) atoms. The molecule has 0 aliphatic carbocycles. The van der Waals surface area contributed by atoms with Crippen LogP contribution in [0.25, 0.3) is 0 Å². The Labute approximate surface area is 113 Å². The Bertz CT molecular complexity index is 225. The highest BCUT2D eigenvalue weighted by atomic mass is 16.5. The zero-order valence-electron chi connectivity index (χ0n) is 13.0. The molecule has 1 fully saturated rings. The summed E-state index contributed by atoms with van der Waals surface area (Å²) in [7, 11) is 0.